The smallest absolute Gasteiger partial charge is 0.410 e. The zero-order valence-corrected chi connectivity index (χ0v) is 6.82. The molecular weight excluding hydrogens is 162 g/mol. The first kappa shape index (κ1) is 8.83. The molecule has 0 aromatic heterocycles. The van der Waals surface area contributed by atoms with E-state index < -0.39 is 18.1 Å². The monoisotopic (exact) mass is 173 g/mol. The second-order valence-electron chi connectivity index (χ2n) is 2.57. The molecule has 5 nitrogen and oxygen atoms in total. The van der Waals surface area contributed by atoms with Gasteiger partial charge in [-0.2, -0.15) is 0 Å². The molecule has 0 spiro atoms. The van der Waals surface area contributed by atoms with Gasteiger partial charge in [0, 0.05) is 0 Å². The van der Waals surface area contributed by atoms with E-state index in [4.69, 9.17) is 5.11 Å². The van der Waals surface area contributed by atoms with E-state index in [0.717, 1.165) is 0 Å². The van der Waals surface area contributed by atoms with E-state index in [1.165, 1.54) is 4.90 Å². The molecule has 0 saturated carbocycles. The van der Waals surface area contributed by atoms with Crippen LogP contribution in [-0.2, 0) is 9.53 Å². The molecule has 1 fully saturated rings. The summed E-state index contributed by atoms with van der Waals surface area (Å²) in [5, 5.41) is 8.70. The average Bonchev–Trinajstić information content (AvgIpc) is 2.38. The summed E-state index contributed by atoms with van der Waals surface area (Å²) in [4.78, 5) is 22.8. The molecule has 1 unspecified atom stereocenters. The highest BCUT2D eigenvalue weighted by Crippen LogP contribution is 2.11. The van der Waals surface area contributed by atoms with Crippen LogP contribution in [0.2, 0.25) is 0 Å². The summed E-state index contributed by atoms with van der Waals surface area (Å²) < 4.78 is 4.62. The Balaban J connectivity index is 2.65. The van der Waals surface area contributed by atoms with Crippen molar-refractivity contribution < 1.29 is 19.4 Å². The van der Waals surface area contributed by atoms with Gasteiger partial charge in [-0.15, -0.1) is 0 Å². The van der Waals surface area contributed by atoms with Crippen molar-refractivity contribution in [3.8, 4) is 0 Å². The van der Waals surface area contributed by atoms with Crippen LogP contribution in [0.5, 0.6) is 0 Å². The van der Waals surface area contributed by atoms with E-state index in [1.54, 1.807) is 6.92 Å². The van der Waals surface area contributed by atoms with E-state index in [0.29, 0.717) is 19.6 Å². The number of cyclic esters (lactones) is 1. The van der Waals surface area contributed by atoms with Crippen molar-refractivity contribution in [2.24, 2.45) is 0 Å². The molecule has 1 aliphatic heterocycles. The van der Waals surface area contributed by atoms with Gasteiger partial charge < -0.3 is 9.84 Å². The van der Waals surface area contributed by atoms with Crippen LogP contribution >= 0.6 is 0 Å². The Morgan fingerprint density at radius 1 is 1.83 bits per heavy atom. The predicted molar refractivity (Wildman–Crippen MR) is 39.8 cm³/mol. The molecule has 0 aliphatic carbocycles. The molecular formula is C7H11NO4. The fourth-order valence-corrected chi connectivity index (χ4v) is 1.22. The Bertz CT molecular complexity index is 204. The van der Waals surface area contributed by atoms with E-state index in [2.05, 4.69) is 4.74 Å². The van der Waals surface area contributed by atoms with Crippen LogP contribution in [0.1, 0.15) is 13.3 Å². The lowest BCUT2D eigenvalue weighted by atomic mass is 10.2. The van der Waals surface area contributed by atoms with E-state index in [9.17, 15) is 9.59 Å². The molecule has 1 atom stereocenters. The molecule has 1 amide bonds. The van der Waals surface area contributed by atoms with Gasteiger partial charge in [0.25, 0.3) is 0 Å². The second-order valence-corrected chi connectivity index (χ2v) is 2.57. The van der Waals surface area contributed by atoms with Gasteiger partial charge in [0.1, 0.15) is 12.6 Å². The second kappa shape index (κ2) is 3.42. The van der Waals surface area contributed by atoms with Gasteiger partial charge >= 0.3 is 12.1 Å². The molecule has 0 radical (unpaired) electrons. The van der Waals surface area contributed by atoms with E-state index in [1.807, 2.05) is 0 Å². The Morgan fingerprint density at radius 3 is 2.83 bits per heavy atom. The number of carbonyl (C=O) groups is 2. The summed E-state index contributed by atoms with van der Waals surface area (Å²) in [6, 6.07) is -0.736. The maximum Gasteiger partial charge on any atom is 0.410 e. The van der Waals surface area contributed by atoms with Crippen LogP contribution in [0.4, 0.5) is 4.79 Å². The quantitative estimate of drug-likeness (QED) is 0.666. The highest BCUT2D eigenvalue weighted by atomic mass is 16.6. The number of carboxylic acids is 1. The standard InChI is InChI=1S/C7H11NO4/c1-2-5(6(9)10)8-3-4-12-7(8)11/h5H,2-4H2,1H3,(H,9,10). The molecule has 1 saturated heterocycles. The Hall–Kier alpha value is -1.26. The molecule has 0 bridgehead atoms. The lowest BCUT2D eigenvalue weighted by Gasteiger charge is -2.19. The molecule has 68 valence electrons. The number of aliphatic carboxylic acids is 1. The summed E-state index contributed by atoms with van der Waals surface area (Å²) in [6.07, 6.45) is -0.117. The molecule has 0 aromatic rings. The van der Waals surface area contributed by atoms with Crippen molar-refractivity contribution in [1.29, 1.82) is 0 Å². The zero-order valence-electron chi connectivity index (χ0n) is 6.82. The Kier molecular flexibility index (Phi) is 2.52. The van der Waals surface area contributed by atoms with E-state index >= 15 is 0 Å². The number of nitrogens with zero attached hydrogens (tertiary/aromatic N) is 1. The fraction of sp³-hybridized carbons (Fsp3) is 0.714. The van der Waals surface area contributed by atoms with Crippen molar-refractivity contribution >= 4 is 12.1 Å². The third-order valence-corrected chi connectivity index (χ3v) is 1.84. The average molecular weight is 173 g/mol. The maximum absolute atomic E-state index is 10.9. The number of amides is 1. The first-order chi connectivity index (χ1) is 5.66. The minimum absolute atomic E-state index is 0.294. The van der Waals surface area contributed by atoms with Gasteiger partial charge in [0.2, 0.25) is 0 Å². The van der Waals surface area contributed by atoms with E-state index in [-0.39, 0.29) is 0 Å². The van der Waals surface area contributed by atoms with Crippen LogP contribution in [-0.4, -0.2) is 41.3 Å². The highest BCUT2D eigenvalue weighted by Gasteiger charge is 2.32. The first-order valence-corrected chi connectivity index (χ1v) is 3.83. The van der Waals surface area contributed by atoms with Gasteiger partial charge in [0.05, 0.1) is 6.54 Å². The van der Waals surface area contributed by atoms with Crippen molar-refractivity contribution in [3.05, 3.63) is 0 Å². The lowest BCUT2D eigenvalue weighted by Crippen LogP contribution is -2.41. The number of carbonyl (C=O) groups excluding carboxylic acids is 1. The van der Waals surface area contributed by atoms with Gasteiger partial charge in [-0.25, -0.2) is 9.59 Å². The lowest BCUT2D eigenvalue weighted by molar-refractivity contribution is -0.142. The third-order valence-electron chi connectivity index (χ3n) is 1.84. The molecule has 1 heterocycles. The summed E-state index contributed by atoms with van der Waals surface area (Å²) >= 11 is 0. The maximum atomic E-state index is 10.9. The van der Waals surface area contributed by atoms with Crippen LogP contribution < -0.4 is 0 Å². The summed E-state index contributed by atoms with van der Waals surface area (Å²) in [7, 11) is 0. The Labute approximate surface area is 69.9 Å². The molecule has 12 heavy (non-hydrogen) atoms. The molecule has 5 heteroatoms. The number of ether oxygens (including phenoxy) is 1. The van der Waals surface area contributed by atoms with Gasteiger partial charge in [-0.05, 0) is 6.42 Å². The SMILES string of the molecule is CCC(C(=O)O)N1CCOC1=O. The number of hydrogen-bond acceptors (Lipinski definition) is 3. The number of hydrogen-bond donors (Lipinski definition) is 1. The van der Waals surface area contributed by atoms with Crippen molar-refractivity contribution in [3.63, 3.8) is 0 Å². The largest absolute Gasteiger partial charge is 0.480 e. The predicted octanol–water partition coefficient (Wildman–Crippen LogP) is 0.302. The van der Waals surface area contributed by atoms with Crippen LogP contribution in [0.15, 0.2) is 0 Å². The highest BCUT2D eigenvalue weighted by molar-refractivity contribution is 5.80. The summed E-state index contributed by atoms with van der Waals surface area (Å²) in [5.74, 6) is -0.976. The number of carboxylic acid groups (broad SMARTS) is 1. The van der Waals surface area contributed by atoms with Crippen molar-refractivity contribution in [2.45, 2.75) is 19.4 Å². The fourth-order valence-electron chi connectivity index (χ4n) is 1.22. The van der Waals surface area contributed by atoms with Gasteiger partial charge in [-0.1, -0.05) is 6.92 Å². The molecule has 1 aliphatic rings. The minimum Gasteiger partial charge on any atom is -0.480 e. The first-order valence-electron chi connectivity index (χ1n) is 3.83. The van der Waals surface area contributed by atoms with Crippen molar-refractivity contribution in [2.75, 3.05) is 13.2 Å². The summed E-state index contributed by atoms with van der Waals surface area (Å²) in [5.41, 5.74) is 0. The minimum atomic E-state index is -0.976. The summed E-state index contributed by atoms with van der Waals surface area (Å²) in [6.45, 7) is 2.40. The van der Waals surface area contributed by atoms with Crippen LogP contribution in [0.25, 0.3) is 0 Å². The normalized spacial score (nSPS) is 19.1. The van der Waals surface area contributed by atoms with Gasteiger partial charge in [0.15, 0.2) is 0 Å². The third kappa shape index (κ3) is 1.49. The van der Waals surface area contributed by atoms with Crippen molar-refractivity contribution in [1.82, 2.24) is 4.90 Å². The number of rotatable bonds is 3. The van der Waals surface area contributed by atoms with Crippen LogP contribution in [0.3, 0.4) is 0 Å². The van der Waals surface area contributed by atoms with Crippen LogP contribution in [0, 0.1) is 0 Å². The molecule has 1 rings (SSSR count). The topological polar surface area (TPSA) is 66.8 Å². The Morgan fingerprint density at radius 2 is 2.50 bits per heavy atom. The molecule has 1 N–H and O–H groups in total. The molecule has 0 aromatic carbocycles. The zero-order chi connectivity index (χ0) is 9.14. The van der Waals surface area contributed by atoms with Gasteiger partial charge in [-0.3, -0.25) is 4.90 Å².